The molecule has 2 aromatic rings. The number of halogens is 1. The smallest absolute Gasteiger partial charge is 0.233 e. The van der Waals surface area contributed by atoms with Crippen LogP contribution >= 0.6 is 11.8 Å². The van der Waals surface area contributed by atoms with Crippen molar-refractivity contribution in [2.75, 3.05) is 25.4 Å². The van der Waals surface area contributed by atoms with Gasteiger partial charge >= 0.3 is 0 Å². The zero-order chi connectivity index (χ0) is 16.2. The molecule has 0 bridgehead atoms. The standard InChI is InChI=1S/C14H16FN5O2S/c1-19-14(16-17-18-19)23-9-13(21)20-6-7-22-12(8-20)10-2-4-11(15)5-3-10/h2-5,12H,6-9H2,1H3. The molecule has 0 N–H and O–H groups in total. The Kier molecular flexibility index (Phi) is 4.87. The minimum Gasteiger partial charge on any atom is -0.370 e. The van der Waals surface area contributed by atoms with E-state index in [4.69, 9.17) is 4.74 Å². The molecule has 7 nitrogen and oxygen atoms in total. The summed E-state index contributed by atoms with van der Waals surface area (Å²) in [5.41, 5.74) is 0.869. The predicted octanol–water partition coefficient (Wildman–Crippen LogP) is 1.04. The molecule has 9 heteroatoms. The maximum atomic E-state index is 13.0. The van der Waals surface area contributed by atoms with E-state index in [0.717, 1.165) is 5.56 Å². The van der Waals surface area contributed by atoms with Gasteiger partial charge in [0.05, 0.1) is 18.9 Å². The van der Waals surface area contributed by atoms with Crippen molar-refractivity contribution in [3.05, 3.63) is 35.6 Å². The fourth-order valence-corrected chi connectivity index (χ4v) is 3.07. The number of nitrogens with zero attached hydrogens (tertiary/aromatic N) is 5. The van der Waals surface area contributed by atoms with Gasteiger partial charge in [-0.15, -0.1) is 5.10 Å². The van der Waals surface area contributed by atoms with Gasteiger partial charge in [0.2, 0.25) is 11.1 Å². The van der Waals surface area contributed by atoms with Gasteiger partial charge in [0.15, 0.2) is 0 Å². The van der Waals surface area contributed by atoms with Gasteiger partial charge in [-0.1, -0.05) is 23.9 Å². The normalized spacial score (nSPS) is 18.2. The van der Waals surface area contributed by atoms with Crippen LogP contribution in [-0.2, 0) is 16.6 Å². The van der Waals surface area contributed by atoms with E-state index in [-0.39, 0.29) is 23.6 Å². The van der Waals surface area contributed by atoms with Crippen LogP contribution < -0.4 is 0 Å². The highest BCUT2D eigenvalue weighted by Gasteiger charge is 2.25. The summed E-state index contributed by atoms with van der Waals surface area (Å²) in [6.45, 7) is 1.47. The first-order valence-electron chi connectivity index (χ1n) is 7.13. The second kappa shape index (κ2) is 7.05. The van der Waals surface area contributed by atoms with E-state index in [1.165, 1.54) is 28.6 Å². The monoisotopic (exact) mass is 337 g/mol. The number of carbonyl (C=O) groups excluding carboxylic acids is 1. The number of rotatable bonds is 4. The largest absolute Gasteiger partial charge is 0.370 e. The van der Waals surface area contributed by atoms with Crippen molar-refractivity contribution in [1.29, 1.82) is 0 Å². The Morgan fingerprint density at radius 1 is 1.43 bits per heavy atom. The number of hydrogen-bond donors (Lipinski definition) is 0. The lowest BCUT2D eigenvalue weighted by molar-refractivity contribution is -0.136. The molecule has 1 amide bonds. The highest BCUT2D eigenvalue weighted by Crippen LogP contribution is 2.23. The van der Waals surface area contributed by atoms with Gasteiger partial charge in [0, 0.05) is 13.6 Å². The van der Waals surface area contributed by atoms with Crippen LogP contribution in [0.4, 0.5) is 4.39 Å². The van der Waals surface area contributed by atoms with Crippen LogP contribution in [0.25, 0.3) is 0 Å². The molecule has 1 unspecified atom stereocenters. The van der Waals surface area contributed by atoms with Crippen molar-refractivity contribution in [1.82, 2.24) is 25.1 Å². The lowest BCUT2D eigenvalue weighted by Crippen LogP contribution is -2.43. The van der Waals surface area contributed by atoms with Crippen LogP contribution in [0.15, 0.2) is 29.4 Å². The molecule has 1 atom stereocenters. The number of hydrogen-bond acceptors (Lipinski definition) is 6. The van der Waals surface area contributed by atoms with Crippen molar-refractivity contribution < 1.29 is 13.9 Å². The molecule has 0 aliphatic carbocycles. The molecule has 0 radical (unpaired) electrons. The summed E-state index contributed by atoms with van der Waals surface area (Å²) in [5.74, 6) is -0.00995. The predicted molar refractivity (Wildman–Crippen MR) is 81.2 cm³/mol. The average Bonchev–Trinajstić information content (AvgIpc) is 2.98. The van der Waals surface area contributed by atoms with E-state index in [1.54, 1.807) is 24.1 Å². The number of aryl methyl sites for hydroxylation is 1. The topological polar surface area (TPSA) is 73.1 Å². The van der Waals surface area contributed by atoms with E-state index in [1.807, 2.05) is 0 Å². The molecular formula is C14H16FN5O2S. The number of carbonyl (C=O) groups is 1. The molecular weight excluding hydrogens is 321 g/mol. The number of ether oxygens (including phenoxy) is 1. The Morgan fingerprint density at radius 2 is 2.22 bits per heavy atom. The summed E-state index contributed by atoms with van der Waals surface area (Å²) in [7, 11) is 1.73. The SMILES string of the molecule is Cn1nnnc1SCC(=O)N1CCOC(c2ccc(F)cc2)C1. The summed E-state index contributed by atoms with van der Waals surface area (Å²) >= 11 is 1.30. The molecule has 3 rings (SSSR count). The third-order valence-electron chi connectivity index (χ3n) is 3.57. The average molecular weight is 337 g/mol. The summed E-state index contributed by atoms with van der Waals surface area (Å²) in [6, 6.07) is 6.18. The van der Waals surface area contributed by atoms with Crippen LogP contribution in [0.2, 0.25) is 0 Å². The molecule has 23 heavy (non-hydrogen) atoms. The molecule has 2 heterocycles. The highest BCUT2D eigenvalue weighted by atomic mass is 32.2. The molecule has 0 saturated carbocycles. The van der Waals surface area contributed by atoms with Gasteiger partial charge in [-0.25, -0.2) is 9.07 Å². The molecule has 122 valence electrons. The fraction of sp³-hybridized carbons (Fsp3) is 0.429. The van der Waals surface area contributed by atoms with Crippen LogP contribution in [0.3, 0.4) is 0 Å². The Hall–Kier alpha value is -2.00. The summed E-state index contributed by atoms with van der Waals surface area (Å²) in [4.78, 5) is 14.1. The Labute approximate surface area is 136 Å². The quantitative estimate of drug-likeness (QED) is 0.776. The van der Waals surface area contributed by atoms with Crippen LogP contribution in [-0.4, -0.2) is 56.5 Å². The van der Waals surface area contributed by atoms with E-state index < -0.39 is 0 Å². The molecule has 0 spiro atoms. The lowest BCUT2D eigenvalue weighted by atomic mass is 10.1. The first-order chi connectivity index (χ1) is 11.1. The van der Waals surface area contributed by atoms with Gasteiger partial charge in [0.25, 0.3) is 0 Å². The van der Waals surface area contributed by atoms with Gasteiger partial charge in [0.1, 0.15) is 11.9 Å². The lowest BCUT2D eigenvalue weighted by Gasteiger charge is -2.33. The van der Waals surface area contributed by atoms with E-state index in [0.29, 0.717) is 24.9 Å². The third kappa shape index (κ3) is 3.85. The molecule has 1 aliphatic heterocycles. The van der Waals surface area contributed by atoms with Crippen molar-refractivity contribution in [3.63, 3.8) is 0 Å². The molecule has 1 aromatic heterocycles. The maximum absolute atomic E-state index is 13.0. The molecule has 1 saturated heterocycles. The minimum absolute atomic E-state index is 0.00779. The number of thioether (sulfide) groups is 1. The van der Waals surface area contributed by atoms with Gasteiger partial charge in [-0.2, -0.15) is 0 Å². The van der Waals surface area contributed by atoms with Crippen molar-refractivity contribution >= 4 is 17.7 Å². The number of amides is 1. The Balaban J connectivity index is 1.58. The number of morpholine rings is 1. The second-order valence-corrected chi connectivity index (χ2v) is 6.07. The fourth-order valence-electron chi connectivity index (χ4n) is 2.32. The number of benzene rings is 1. The summed E-state index contributed by atoms with van der Waals surface area (Å²) in [5, 5.41) is 11.7. The van der Waals surface area contributed by atoms with Gasteiger partial charge in [-0.05, 0) is 28.1 Å². The van der Waals surface area contributed by atoms with Crippen LogP contribution in [0.1, 0.15) is 11.7 Å². The third-order valence-corrected chi connectivity index (χ3v) is 4.56. The first-order valence-corrected chi connectivity index (χ1v) is 8.12. The first kappa shape index (κ1) is 15.9. The van der Waals surface area contributed by atoms with Crippen LogP contribution in [0, 0.1) is 5.82 Å². The van der Waals surface area contributed by atoms with Crippen LogP contribution in [0.5, 0.6) is 0 Å². The zero-order valence-corrected chi connectivity index (χ0v) is 13.4. The number of tetrazole rings is 1. The highest BCUT2D eigenvalue weighted by molar-refractivity contribution is 7.99. The zero-order valence-electron chi connectivity index (χ0n) is 12.6. The second-order valence-electron chi connectivity index (χ2n) is 5.12. The summed E-state index contributed by atoms with van der Waals surface area (Å²) < 4.78 is 20.2. The molecule has 1 aliphatic rings. The van der Waals surface area contributed by atoms with E-state index >= 15 is 0 Å². The Morgan fingerprint density at radius 3 is 2.91 bits per heavy atom. The van der Waals surface area contributed by atoms with E-state index in [2.05, 4.69) is 15.5 Å². The number of aromatic nitrogens is 4. The minimum atomic E-state index is -0.286. The Bertz CT molecular complexity index is 678. The van der Waals surface area contributed by atoms with Gasteiger partial charge in [-0.3, -0.25) is 4.79 Å². The van der Waals surface area contributed by atoms with Crippen molar-refractivity contribution in [2.45, 2.75) is 11.3 Å². The maximum Gasteiger partial charge on any atom is 0.233 e. The molecule has 1 fully saturated rings. The van der Waals surface area contributed by atoms with Crippen molar-refractivity contribution in [3.8, 4) is 0 Å². The van der Waals surface area contributed by atoms with E-state index in [9.17, 15) is 9.18 Å². The molecule has 1 aromatic carbocycles. The summed E-state index contributed by atoms with van der Waals surface area (Å²) in [6.07, 6.45) is -0.227. The van der Waals surface area contributed by atoms with Crippen molar-refractivity contribution in [2.24, 2.45) is 7.05 Å². The van der Waals surface area contributed by atoms with Gasteiger partial charge < -0.3 is 9.64 Å².